The Labute approximate surface area is 157 Å². The van der Waals surface area contributed by atoms with Crippen molar-refractivity contribution in [3.8, 4) is 11.5 Å². The predicted molar refractivity (Wildman–Crippen MR) is 101 cm³/mol. The first-order valence-electron chi connectivity index (χ1n) is 7.31. The van der Waals surface area contributed by atoms with Crippen molar-refractivity contribution in [3.63, 3.8) is 0 Å². The van der Waals surface area contributed by atoms with Crippen LogP contribution >= 0.6 is 22.6 Å². The molecule has 0 atom stereocenters. The summed E-state index contributed by atoms with van der Waals surface area (Å²) in [6.07, 6.45) is 0. The Balaban J connectivity index is 1.61. The number of carbonyl (C=O) groups excluding carboxylic acids is 2. The fourth-order valence-corrected chi connectivity index (χ4v) is 2.70. The highest BCUT2D eigenvalue weighted by molar-refractivity contribution is 14.1. The van der Waals surface area contributed by atoms with Gasteiger partial charge in [0.05, 0.1) is 12.8 Å². The monoisotopic (exact) mass is 451 g/mol. The third kappa shape index (κ3) is 4.08. The summed E-state index contributed by atoms with van der Waals surface area (Å²) in [6.45, 7) is -0.218. The fourth-order valence-electron chi connectivity index (χ4n) is 2.21. The van der Waals surface area contributed by atoms with Crippen LogP contribution in [0.1, 0.15) is 5.56 Å². The van der Waals surface area contributed by atoms with Crippen molar-refractivity contribution in [1.29, 1.82) is 0 Å². The number of hydrogen-bond donors (Lipinski definition) is 2. The largest absolute Gasteiger partial charge is 0.497 e. The standard InChI is InChI=1S/C17H14IN3O4/c1-24-11-3-5-12(6-4-11)25-9-15(22)20-21-16-13-8-10(18)2-7-14(13)19-17(16)23/h2-8H,9H2,1H3,(H,20,22)(H,19,21,23). The zero-order valence-corrected chi connectivity index (χ0v) is 15.4. The van der Waals surface area contributed by atoms with E-state index < -0.39 is 5.91 Å². The van der Waals surface area contributed by atoms with E-state index in [9.17, 15) is 9.59 Å². The molecule has 2 aromatic carbocycles. The van der Waals surface area contributed by atoms with E-state index >= 15 is 0 Å². The highest BCUT2D eigenvalue weighted by Gasteiger charge is 2.26. The number of rotatable bonds is 5. The van der Waals surface area contributed by atoms with Gasteiger partial charge in [-0.3, -0.25) is 9.59 Å². The second kappa shape index (κ2) is 7.51. The maximum absolute atomic E-state index is 12.0. The Bertz CT molecular complexity index is 849. The first-order valence-corrected chi connectivity index (χ1v) is 8.39. The van der Waals surface area contributed by atoms with Gasteiger partial charge in [-0.1, -0.05) is 0 Å². The van der Waals surface area contributed by atoms with E-state index in [0.717, 1.165) is 3.57 Å². The average molecular weight is 451 g/mol. The lowest BCUT2D eigenvalue weighted by Crippen LogP contribution is -2.27. The molecule has 3 rings (SSSR count). The molecule has 2 aromatic rings. The van der Waals surface area contributed by atoms with Crippen molar-refractivity contribution < 1.29 is 19.1 Å². The van der Waals surface area contributed by atoms with E-state index in [0.29, 0.717) is 22.7 Å². The van der Waals surface area contributed by atoms with Gasteiger partial charge in [0.2, 0.25) is 0 Å². The molecule has 25 heavy (non-hydrogen) atoms. The van der Waals surface area contributed by atoms with Crippen LogP contribution in [0.25, 0.3) is 0 Å². The number of halogens is 1. The summed E-state index contributed by atoms with van der Waals surface area (Å²) in [5.74, 6) is 0.412. The molecule has 0 spiro atoms. The Hall–Kier alpha value is -2.62. The van der Waals surface area contributed by atoms with E-state index in [1.54, 1.807) is 37.4 Å². The van der Waals surface area contributed by atoms with Crippen LogP contribution in [0.3, 0.4) is 0 Å². The molecule has 1 heterocycles. The minimum atomic E-state index is -0.463. The number of methoxy groups -OCH3 is 1. The third-order valence-corrected chi connectivity index (χ3v) is 4.09. The lowest BCUT2D eigenvalue weighted by atomic mass is 10.1. The molecule has 0 aliphatic carbocycles. The molecule has 0 saturated heterocycles. The van der Waals surface area contributed by atoms with Crippen LogP contribution in [-0.2, 0) is 9.59 Å². The molecular weight excluding hydrogens is 437 g/mol. The van der Waals surface area contributed by atoms with Crippen molar-refractivity contribution in [1.82, 2.24) is 5.43 Å². The Morgan fingerprint density at radius 2 is 1.92 bits per heavy atom. The number of carbonyl (C=O) groups is 2. The van der Waals surface area contributed by atoms with Crippen LogP contribution in [0, 0.1) is 3.57 Å². The molecule has 8 heteroatoms. The van der Waals surface area contributed by atoms with Crippen LogP contribution in [-0.4, -0.2) is 31.2 Å². The van der Waals surface area contributed by atoms with Gasteiger partial charge in [-0.25, -0.2) is 5.43 Å². The summed E-state index contributed by atoms with van der Waals surface area (Å²) in [4.78, 5) is 23.8. The second-order valence-electron chi connectivity index (χ2n) is 5.10. The highest BCUT2D eigenvalue weighted by atomic mass is 127. The SMILES string of the molecule is COc1ccc(OCC(=O)N/N=C2\C(=O)Nc3ccc(I)cc32)cc1. The first kappa shape index (κ1) is 17.2. The summed E-state index contributed by atoms with van der Waals surface area (Å²) >= 11 is 2.15. The molecule has 0 radical (unpaired) electrons. The van der Waals surface area contributed by atoms with Crippen LogP contribution in [0.5, 0.6) is 11.5 Å². The number of anilines is 1. The number of amides is 2. The zero-order chi connectivity index (χ0) is 17.8. The highest BCUT2D eigenvalue weighted by Crippen LogP contribution is 2.25. The summed E-state index contributed by atoms with van der Waals surface area (Å²) in [6, 6.07) is 12.4. The second-order valence-corrected chi connectivity index (χ2v) is 6.35. The van der Waals surface area contributed by atoms with Crippen LogP contribution < -0.4 is 20.2 Å². The van der Waals surface area contributed by atoms with Crippen molar-refractivity contribution in [3.05, 3.63) is 51.6 Å². The Morgan fingerprint density at radius 3 is 2.64 bits per heavy atom. The van der Waals surface area contributed by atoms with Gasteiger partial charge in [0.25, 0.3) is 11.8 Å². The van der Waals surface area contributed by atoms with Crippen LogP contribution in [0.2, 0.25) is 0 Å². The van der Waals surface area contributed by atoms with E-state index in [4.69, 9.17) is 9.47 Å². The van der Waals surface area contributed by atoms with E-state index in [-0.39, 0.29) is 18.2 Å². The molecule has 1 aliphatic heterocycles. The van der Waals surface area contributed by atoms with Gasteiger partial charge in [-0.2, -0.15) is 5.10 Å². The number of ether oxygens (including phenoxy) is 2. The predicted octanol–water partition coefficient (Wildman–Crippen LogP) is 2.15. The number of hydrazone groups is 1. The zero-order valence-electron chi connectivity index (χ0n) is 13.2. The van der Waals surface area contributed by atoms with E-state index in [2.05, 4.69) is 38.4 Å². The molecule has 1 aliphatic rings. The van der Waals surface area contributed by atoms with Crippen molar-refractivity contribution >= 4 is 45.8 Å². The topological polar surface area (TPSA) is 89.0 Å². The third-order valence-electron chi connectivity index (χ3n) is 3.42. The number of fused-ring (bicyclic) bond motifs is 1. The maximum atomic E-state index is 12.0. The first-order chi connectivity index (χ1) is 12.1. The smallest absolute Gasteiger partial charge is 0.277 e. The number of nitrogens with zero attached hydrogens (tertiary/aromatic N) is 1. The summed E-state index contributed by atoms with van der Waals surface area (Å²) < 4.78 is 11.4. The minimum Gasteiger partial charge on any atom is -0.497 e. The van der Waals surface area contributed by atoms with Gasteiger partial charge < -0.3 is 14.8 Å². The molecule has 2 amide bonds. The molecular formula is C17H14IN3O4. The number of nitrogens with one attached hydrogen (secondary N) is 2. The molecule has 0 bridgehead atoms. The van der Waals surface area contributed by atoms with Gasteiger partial charge in [0.1, 0.15) is 11.5 Å². The van der Waals surface area contributed by atoms with Gasteiger partial charge in [0.15, 0.2) is 12.3 Å². The Morgan fingerprint density at radius 1 is 1.20 bits per heavy atom. The van der Waals surface area contributed by atoms with Gasteiger partial charge in [0, 0.05) is 9.13 Å². The molecule has 7 nitrogen and oxygen atoms in total. The number of hydrogen-bond acceptors (Lipinski definition) is 5. The molecule has 2 N–H and O–H groups in total. The van der Waals surface area contributed by atoms with Crippen molar-refractivity contribution in [2.45, 2.75) is 0 Å². The fraction of sp³-hybridized carbons (Fsp3) is 0.118. The Kier molecular flexibility index (Phi) is 5.17. The van der Waals surface area contributed by atoms with Gasteiger partial charge in [-0.05, 0) is 65.1 Å². The van der Waals surface area contributed by atoms with Gasteiger partial charge in [-0.15, -0.1) is 0 Å². The van der Waals surface area contributed by atoms with Crippen molar-refractivity contribution in [2.24, 2.45) is 5.10 Å². The summed E-state index contributed by atoms with van der Waals surface area (Å²) in [7, 11) is 1.57. The maximum Gasteiger partial charge on any atom is 0.277 e. The minimum absolute atomic E-state index is 0.173. The average Bonchev–Trinajstić information content (AvgIpc) is 2.93. The van der Waals surface area contributed by atoms with Crippen molar-refractivity contribution in [2.75, 3.05) is 19.0 Å². The summed E-state index contributed by atoms with van der Waals surface area (Å²) in [5.41, 5.74) is 3.85. The van der Waals surface area contributed by atoms with E-state index in [1.165, 1.54) is 0 Å². The van der Waals surface area contributed by atoms with Crippen LogP contribution in [0.15, 0.2) is 47.6 Å². The number of benzene rings is 2. The van der Waals surface area contributed by atoms with Gasteiger partial charge >= 0.3 is 0 Å². The lowest BCUT2D eigenvalue weighted by molar-refractivity contribution is -0.123. The molecule has 0 unspecified atom stereocenters. The normalized spacial score (nSPS) is 14.0. The summed E-state index contributed by atoms with van der Waals surface area (Å²) in [5, 5.41) is 6.63. The van der Waals surface area contributed by atoms with E-state index in [1.807, 2.05) is 12.1 Å². The quantitative estimate of drug-likeness (QED) is 0.539. The molecule has 0 fully saturated rings. The lowest BCUT2D eigenvalue weighted by Gasteiger charge is -2.06. The molecule has 0 aromatic heterocycles. The molecule has 128 valence electrons. The van der Waals surface area contributed by atoms with Crippen LogP contribution in [0.4, 0.5) is 5.69 Å². The molecule has 0 saturated carbocycles.